The van der Waals surface area contributed by atoms with Gasteiger partial charge in [0.05, 0.1) is 66.4 Å². The summed E-state index contributed by atoms with van der Waals surface area (Å²) in [5.41, 5.74) is -7.03. The standard InChI is InChI=1S/5C5H12O2/c5*1-5(2,6)4-7-3/h5*6H,4H2,1-3H3/i1D3,4D2;4D2;1D3;;. The van der Waals surface area contributed by atoms with Crippen molar-refractivity contribution >= 4 is 0 Å². The quantitative estimate of drug-likeness (QED) is 0.284. The van der Waals surface area contributed by atoms with Gasteiger partial charge in [0.25, 0.3) is 0 Å². The molecule has 0 aromatic heterocycles. The van der Waals surface area contributed by atoms with Gasteiger partial charge in [-0.05, 0) is 69.1 Å². The number of rotatable bonds is 10. The van der Waals surface area contributed by atoms with E-state index in [0.29, 0.717) is 13.2 Å². The molecule has 0 aromatic carbocycles. The first-order chi connectivity index (χ1) is 19.3. The van der Waals surface area contributed by atoms with Crippen LogP contribution in [-0.4, -0.2) is 122 Å². The van der Waals surface area contributed by atoms with Crippen LogP contribution in [-0.2, 0) is 23.7 Å². The van der Waals surface area contributed by atoms with Gasteiger partial charge < -0.3 is 49.2 Å². The molecule has 0 radical (unpaired) electrons. The molecule has 0 saturated carbocycles. The summed E-state index contributed by atoms with van der Waals surface area (Å²) in [6, 6.07) is 0. The molecule has 0 bridgehead atoms. The number of hydrogen-bond acceptors (Lipinski definition) is 10. The minimum absolute atomic E-state index is 0.177. The van der Waals surface area contributed by atoms with Crippen LogP contribution in [0.25, 0.3) is 0 Å². The van der Waals surface area contributed by atoms with Gasteiger partial charge in [-0.15, -0.1) is 0 Å². The smallest absolute Gasteiger partial charge is 0.0824 e. The Morgan fingerprint density at radius 3 is 0.771 bits per heavy atom. The monoisotopic (exact) mass is 530 g/mol. The van der Waals surface area contributed by atoms with E-state index in [1.54, 1.807) is 41.9 Å². The molecule has 0 fully saturated rings. The molecule has 10 nitrogen and oxygen atoms in total. The van der Waals surface area contributed by atoms with Crippen LogP contribution in [0.2, 0.25) is 0 Å². The van der Waals surface area contributed by atoms with Gasteiger partial charge in [0, 0.05) is 43.8 Å². The summed E-state index contributed by atoms with van der Waals surface area (Å²) in [5, 5.41) is 45.3. The Bertz CT molecular complexity index is 723. The van der Waals surface area contributed by atoms with Gasteiger partial charge in [-0.25, -0.2) is 0 Å². The maximum absolute atomic E-state index is 9.32. The summed E-state index contributed by atoms with van der Waals surface area (Å²) >= 11 is 0. The van der Waals surface area contributed by atoms with Crippen molar-refractivity contribution in [1.82, 2.24) is 0 Å². The Hall–Kier alpha value is -0.400. The third-order valence-corrected chi connectivity index (χ3v) is 2.07. The van der Waals surface area contributed by atoms with Crippen molar-refractivity contribution in [3.8, 4) is 0 Å². The maximum Gasteiger partial charge on any atom is 0.0824 e. The second kappa shape index (κ2) is 22.8. The van der Waals surface area contributed by atoms with Crippen LogP contribution in [0, 0.1) is 0 Å². The Balaban J connectivity index is -0.000000150. The van der Waals surface area contributed by atoms with E-state index in [0.717, 1.165) is 14.0 Å². The summed E-state index contributed by atoms with van der Waals surface area (Å²) in [7, 11) is 6.70. The highest BCUT2D eigenvalue weighted by molar-refractivity contribution is 4.63. The average Bonchev–Trinajstić information content (AvgIpc) is 2.77. The van der Waals surface area contributed by atoms with Crippen LogP contribution in [0.5, 0.6) is 0 Å². The highest BCUT2D eigenvalue weighted by atomic mass is 16.5. The van der Waals surface area contributed by atoms with Gasteiger partial charge in [-0.1, -0.05) is 0 Å². The van der Waals surface area contributed by atoms with Crippen molar-refractivity contribution in [2.75, 3.05) is 68.5 Å². The van der Waals surface area contributed by atoms with Gasteiger partial charge >= 0.3 is 0 Å². The molecule has 0 rings (SSSR count). The van der Waals surface area contributed by atoms with Crippen LogP contribution in [0.15, 0.2) is 0 Å². The van der Waals surface area contributed by atoms with Gasteiger partial charge in [-0.3, -0.25) is 0 Å². The lowest BCUT2D eigenvalue weighted by molar-refractivity contribution is -0.00223. The van der Waals surface area contributed by atoms with Crippen molar-refractivity contribution in [1.29, 1.82) is 0 Å². The van der Waals surface area contributed by atoms with E-state index < -0.39 is 54.8 Å². The molecular formula is C25H60O10. The van der Waals surface area contributed by atoms with Crippen molar-refractivity contribution in [2.45, 2.75) is 97.1 Å². The first kappa shape index (κ1) is 24.9. The summed E-state index contributed by atoms with van der Waals surface area (Å²) in [6.07, 6.45) is 0. The highest BCUT2D eigenvalue weighted by Crippen LogP contribution is 2.00. The van der Waals surface area contributed by atoms with Gasteiger partial charge in [0.2, 0.25) is 0 Å². The molecule has 0 saturated heterocycles. The fourth-order valence-electron chi connectivity index (χ4n) is 1.44. The second-order valence-corrected chi connectivity index (χ2v) is 9.44. The minimum atomic E-state index is -2.81. The summed E-state index contributed by atoms with van der Waals surface area (Å²) in [6.45, 7) is 2.52. The fourth-order valence-corrected chi connectivity index (χ4v) is 1.44. The van der Waals surface area contributed by atoms with Crippen LogP contribution >= 0.6 is 0 Å². The molecule has 10 heteroatoms. The van der Waals surface area contributed by atoms with E-state index in [1.807, 2.05) is 0 Å². The van der Waals surface area contributed by atoms with Gasteiger partial charge in [0.1, 0.15) is 0 Å². The summed E-state index contributed by atoms with van der Waals surface area (Å²) < 4.78 is 91.7. The second-order valence-electron chi connectivity index (χ2n) is 9.44. The Kier molecular flexibility index (Phi) is 16.2. The predicted octanol–water partition coefficient (Wildman–Crippen LogP) is 2.02. The third kappa shape index (κ3) is 87.3. The Labute approximate surface area is 229 Å². The van der Waals surface area contributed by atoms with E-state index in [9.17, 15) is 5.11 Å². The molecule has 0 spiro atoms. The fraction of sp³-hybridized carbons (Fsp3) is 1.00. The predicted molar refractivity (Wildman–Crippen MR) is 141 cm³/mol. The molecule has 0 aromatic rings. The van der Waals surface area contributed by atoms with E-state index in [2.05, 4.69) is 23.7 Å². The highest BCUT2D eigenvalue weighted by Gasteiger charge is 2.11. The molecule has 0 amide bonds. The molecule has 35 heavy (non-hydrogen) atoms. The largest absolute Gasteiger partial charge is 0.388 e. The number of hydrogen-bond donors (Lipinski definition) is 5. The van der Waals surface area contributed by atoms with Gasteiger partial charge in [0.15, 0.2) is 0 Å². The number of methoxy groups -OCH3 is 5. The Morgan fingerprint density at radius 2 is 0.714 bits per heavy atom. The lowest BCUT2D eigenvalue weighted by Crippen LogP contribution is -2.24. The lowest BCUT2D eigenvalue weighted by Gasteiger charge is -2.14. The average molecular weight is 531 g/mol. The molecule has 0 heterocycles. The van der Waals surface area contributed by atoms with Crippen LogP contribution < -0.4 is 0 Å². The maximum atomic E-state index is 9.32. The summed E-state index contributed by atoms with van der Waals surface area (Å²) in [5.74, 6) is 0. The van der Waals surface area contributed by atoms with Crippen molar-refractivity contribution in [2.24, 2.45) is 0 Å². The van der Waals surface area contributed by atoms with Crippen LogP contribution in [0.4, 0.5) is 0 Å². The summed E-state index contributed by atoms with van der Waals surface area (Å²) in [4.78, 5) is 0. The van der Waals surface area contributed by atoms with E-state index in [4.69, 9.17) is 34.1 Å². The zero-order valence-electron chi connectivity index (χ0n) is 33.9. The van der Waals surface area contributed by atoms with Crippen molar-refractivity contribution < 1.29 is 62.9 Å². The van der Waals surface area contributed by atoms with Crippen LogP contribution in [0.1, 0.15) is 82.8 Å². The topological polar surface area (TPSA) is 147 Å². The third-order valence-electron chi connectivity index (χ3n) is 2.07. The van der Waals surface area contributed by atoms with Crippen LogP contribution in [0.3, 0.4) is 0 Å². The molecular weight excluding hydrogens is 460 g/mol. The number of aliphatic hydroxyl groups is 5. The lowest BCUT2D eigenvalue weighted by atomic mass is 10.2. The SMILES string of the molecule is COCC(C)(C)O.COCC(C)(C)O.[2H]C([2H])(OC)C(C)(C)O.[2H]C([2H])([2H])C(C)(O)C([2H])([2H])OC.[2H]C([2H])([2H])C(C)(O)COC. The van der Waals surface area contributed by atoms with Crippen molar-refractivity contribution in [3.05, 3.63) is 0 Å². The normalized spacial score (nSPS) is 20.5. The molecule has 2 atom stereocenters. The molecule has 2 unspecified atom stereocenters. The zero-order chi connectivity index (χ0) is 38.2. The van der Waals surface area contributed by atoms with E-state index in [-0.39, 0.29) is 6.61 Å². The first-order valence-corrected chi connectivity index (χ1v) is 10.5. The number of ether oxygens (including phenoxy) is 5. The zero-order valence-corrected chi connectivity index (χ0v) is 23.9. The minimum Gasteiger partial charge on any atom is -0.388 e. The van der Waals surface area contributed by atoms with E-state index >= 15 is 0 Å². The Morgan fingerprint density at radius 1 is 0.457 bits per heavy atom. The molecule has 0 aliphatic rings. The first-order valence-electron chi connectivity index (χ1n) is 15.5. The molecule has 0 aliphatic carbocycles. The molecule has 5 N–H and O–H groups in total. The van der Waals surface area contributed by atoms with Crippen molar-refractivity contribution in [3.63, 3.8) is 0 Å². The molecule has 220 valence electrons. The van der Waals surface area contributed by atoms with E-state index in [1.165, 1.54) is 35.0 Å². The molecule has 0 aliphatic heterocycles. The van der Waals surface area contributed by atoms with Gasteiger partial charge in [-0.2, -0.15) is 0 Å².